The first-order chi connectivity index (χ1) is 16.5. The fourth-order valence-electron chi connectivity index (χ4n) is 3.27. The first-order valence-corrected chi connectivity index (χ1v) is 12.1. The number of amides is 2. The topological polar surface area (TPSA) is 110 Å². The van der Waals surface area contributed by atoms with Gasteiger partial charge in [-0.1, -0.05) is 12.1 Å². The Morgan fingerprint density at radius 1 is 1.11 bits per heavy atom. The van der Waals surface area contributed by atoms with Gasteiger partial charge in [0.15, 0.2) is 0 Å². The van der Waals surface area contributed by atoms with Crippen molar-refractivity contribution in [2.24, 2.45) is 0 Å². The minimum atomic E-state index is -1.14. The summed E-state index contributed by atoms with van der Waals surface area (Å²) in [6.07, 6.45) is 0.970. The zero-order chi connectivity index (χ0) is 25.6. The SMILES string of the molecule is CC(C)(C)OC(=O)N[C@@H](CSCc1ccc(NC(=O)Cn2ccc3cc(F)ccc32)cc1)C(=O)O. The van der Waals surface area contributed by atoms with Crippen molar-refractivity contribution < 1.29 is 28.6 Å². The number of aromatic nitrogens is 1. The van der Waals surface area contributed by atoms with E-state index in [-0.39, 0.29) is 24.0 Å². The van der Waals surface area contributed by atoms with Crippen molar-refractivity contribution >= 4 is 46.3 Å². The van der Waals surface area contributed by atoms with E-state index in [1.54, 1.807) is 55.8 Å². The zero-order valence-electron chi connectivity index (χ0n) is 19.7. The van der Waals surface area contributed by atoms with Crippen molar-refractivity contribution in [2.45, 2.75) is 44.7 Å². The monoisotopic (exact) mass is 501 g/mol. The number of hydrogen-bond donors (Lipinski definition) is 3. The maximum Gasteiger partial charge on any atom is 0.408 e. The molecule has 2 aromatic carbocycles. The highest BCUT2D eigenvalue weighted by Crippen LogP contribution is 2.19. The molecule has 0 bridgehead atoms. The number of thioether (sulfide) groups is 1. The molecular weight excluding hydrogens is 473 g/mol. The van der Waals surface area contributed by atoms with E-state index in [1.807, 2.05) is 12.1 Å². The maximum absolute atomic E-state index is 13.3. The molecule has 0 aliphatic heterocycles. The molecule has 1 atom stereocenters. The summed E-state index contributed by atoms with van der Waals surface area (Å²) in [5.41, 5.74) is 1.62. The van der Waals surface area contributed by atoms with Crippen LogP contribution < -0.4 is 10.6 Å². The summed E-state index contributed by atoms with van der Waals surface area (Å²) in [4.78, 5) is 35.8. The van der Waals surface area contributed by atoms with Gasteiger partial charge in [-0.3, -0.25) is 4.79 Å². The van der Waals surface area contributed by atoms with Crippen molar-refractivity contribution in [3.63, 3.8) is 0 Å². The minimum absolute atomic E-state index is 0.0912. The van der Waals surface area contributed by atoms with Crippen molar-refractivity contribution in [1.29, 1.82) is 0 Å². The number of nitrogens with zero attached hydrogens (tertiary/aromatic N) is 1. The Labute approximate surface area is 206 Å². The lowest BCUT2D eigenvalue weighted by Crippen LogP contribution is -2.44. The molecule has 35 heavy (non-hydrogen) atoms. The Morgan fingerprint density at radius 3 is 2.49 bits per heavy atom. The largest absolute Gasteiger partial charge is 0.480 e. The molecule has 0 radical (unpaired) electrons. The number of aliphatic carboxylic acids is 1. The second kappa shape index (κ2) is 11.3. The van der Waals surface area contributed by atoms with Crippen molar-refractivity contribution in [2.75, 3.05) is 11.1 Å². The average molecular weight is 502 g/mol. The highest BCUT2D eigenvalue weighted by atomic mass is 32.2. The average Bonchev–Trinajstić information content (AvgIpc) is 3.14. The van der Waals surface area contributed by atoms with Crippen LogP contribution in [0.15, 0.2) is 54.7 Å². The van der Waals surface area contributed by atoms with Gasteiger partial charge < -0.3 is 25.0 Å². The number of hydrogen-bond acceptors (Lipinski definition) is 5. The molecule has 3 aromatic rings. The van der Waals surface area contributed by atoms with Crippen LogP contribution in [0.4, 0.5) is 14.9 Å². The Bertz CT molecular complexity index is 1200. The summed E-state index contributed by atoms with van der Waals surface area (Å²) in [7, 11) is 0. The second-order valence-electron chi connectivity index (χ2n) is 8.94. The Morgan fingerprint density at radius 2 is 1.83 bits per heavy atom. The van der Waals surface area contributed by atoms with E-state index in [2.05, 4.69) is 10.6 Å². The molecule has 0 aliphatic rings. The first-order valence-electron chi connectivity index (χ1n) is 10.9. The summed E-state index contributed by atoms with van der Waals surface area (Å²) < 4.78 is 20.2. The molecule has 1 aromatic heterocycles. The standard InChI is InChI=1S/C25H28FN3O5S/c1-25(2,3)34-24(33)28-20(23(31)32)15-35-14-16-4-7-19(8-5-16)27-22(30)13-29-11-10-17-12-18(26)6-9-21(17)29/h4-12,20H,13-15H2,1-3H3,(H,27,30)(H,28,33)(H,31,32)/t20-/m0/s1. The molecule has 0 fully saturated rings. The third-order valence-corrected chi connectivity index (χ3v) is 5.93. The van der Waals surface area contributed by atoms with Crippen LogP contribution in [0.3, 0.4) is 0 Å². The Hall–Kier alpha value is -3.53. The van der Waals surface area contributed by atoms with Gasteiger partial charge in [-0.25, -0.2) is 14.0 Å². The molecule has 0 unspecified atom stereocenters. The highest BCUT2D eigenvalue weighted by Gasteiger charge is 2.23. The third-order valence-electron chi connectivity index (χ3n) is 4.83. The van der Waals surface area contributed by atoms with Gasteiger partial charge >= 0.3 is 12.1 Å². The van der Waals surface area contributed by atoms with Gasteiger partial charge in [0.1, 0.15) is 24.0 Å². The van der Waals surface area contributed by atoms with Gasteiger partial charge in [-0.2, -0.15) is 11.8 Å². The number of nitrogens with one attached hydrogen (secondary N) is 2. The number of carboxylic acids is 1. The lowest BCUT2D eigenvalue weighted by atomic mass is 10.2. The molecule has 10 heteroatoms. The predicted molar refractivity (Wildman–Crippen MR) is 134 cm³/mol. The molecule has 8 nitrogen and oxygen atoms in total. The molecule has 3 rings (SSSR count). The number of fused-ring (bicyclic) bond motifs is 1. The minimum Gasteiger partial charge on any atom is -0.480 e. The smallest absolute Gasteiger partial charge is 0.408 e. The number of carbonyl (C=O) groups is 3. The number of alkyl carbamates (subject to hydrolysis) is 1. The van der Waals surface area contributed by atoms with Gasteiger partial charge in [0.2, 0.25) is 5.91 Å². The van der Waals surface area contributed by atoms with Crippen LogP contribution in [0.1, 0.15) is 26.3 Å². The molecule has 0 saturated carbocycles. The molecule has 0 saturated heterocycles. The van der Waals surface area contributed by atoms with Crippen LogP contribution in [0.2, 0.25) is 0 Å². The number of ether oxygens (including phenoxy) is 1. The van der Waals surface area contributed by atoms with Crippen molar-refractivity contribution in [1.82, 2.24) is 9.88 Å². The number of benzene rings is 2. The van der Waals surface area contributed by atoms with Crippen molar-refractivity contribution in [3.05, 3.63) is 66.1 Å². The zero-order valence-corrected chi connectivity index (χ0v) is 20.5. The number of anilines is 1. The van der Waals surface area contributed by atoms with Gasteiger partial charge in [0, 0.05) is 34.3 Å². The molecule has 2 amide bonds. The number of rotatable bonds is 9. The predicted octanol–water partition coefficient (Wildman–Crippen LogP) is 4.63. The molecule has 3 N–H and O–H groups in total. The number of carbonyl (C=O) groups excluding carboxylic acids is 2. The summed E-state index contributed by atoms with van der Waals surface area (Å²) in [5.74, 6) is -0.980. The first kappa shape index (κ1) is 26.1. The van der Waals surface area contributed by atoms with Crippen molar-refractivity contribution in [3.8, 4) is 0 Å². The van der Waals surface area contributed by atoms with E-state index in [9.17, 15) is 23.9 Å². The van der Waals surface area contributed by atoms with Gasteiger partial charge in [0.05, 0.1) is 0 Å². The summed E-state index contributed by atoms with van der Waals surface area (Å²) >= 11 is 1.36. The summed E-state index contributed by atoms with van der Waals surface area (Å²) in [6.45, 7) is 5.20. The molecular formula is C25H28FN3O5S. The van der Waals surface area contributed by atoms with E-state index >= 15 is 0 Å². The normalized spacial score (nSPS) is 12.2. The highest BCUT2D eigenvalue weighted by molar-refractivity contribution is 7.98. The van der Waals surface area contributed by atoms with E-state index < -0.39 is 23.7 Å². The van der Waals surface area contributed by atoms with Crippen LogP contribution in [0.25, 0.3) is 10.9 Å². The van der Waals surface area contributed by atoms with Gasteiger partial charge in [0.25, 0.3) is 0 Å². The van der Waals surface area contributed by atoms with Crippen LogP contribution in [-0.2, 0) is 26.6 Å². The van der Waals surface area contributed by atoms with E-state index in [1.165, 1.54) is 23.9 Å². The molecule has 1 heterocycles. The van der Waals surface area contributed by atoms with Crippen LogP contribution >= 0.6 is 11.8 Å². The van der Waals surface area contributed by atoms with Crippen LogP contribution in [0, 0.1) is 5.82 Å². The van der Waals surface area contributed by atoms with Crippen LogP contribution in [-0.4, -0.2) is 45.0 Å². The Balaban J connectivity index is 1.48. The molecule has 0 aliphatic carbocycles. The van der Waals surface area contributed by atoms with Gasteiger partial charge in [-0.05, 0) is 62.7 Å². The number of halogens is 1. The summed E-state index contributed by atoms with van der Waals surface area (Å²) in [5, 5.41) is 15.3. The van der Waals surface area contributed by atoms with Gasteiger partial charge in [-0.15, -0.1) is 0 Å². The summed E-state index contributed by atoms with van der Waals surface area (Å²) in [6, 6.07) is 12.3. The quantitative estimate of drug-likeness (QED) is 0.394. The van der Waals surface area contributed by atoms with E-state index in [4.69, 9.17) is 4.74 Å². The fraction of sp³-hybridized carbons (Fsp3) is 0.320. The third kappa shape index (κ3) is 8.03. The second-order valence-corrected chi connectivity index (χ2v) is 9.97. The van der Waals surface area contributed by atoms with Crippen LogP contribution in [0.5, 0.6) is 0 Å². The number of carboxylic acid groups (broad SMARTS) is 1. The molecule has 0 spiro atoms. The molecule has 186 valence electrons. The van der Waals surface area contributed by atoms with E-state index in [0.29, 0.717) is 11.4 Å². The fourth-order valence-corrected chi connectivity index (χ4v) is 4.28. The lowest BCUT2D eigenvalue weighted by Gasteiger charge is -2.21. The van der Waals surface area contributed by atoms with E-state index in [0.717, 1.165) is 16.5 Å². The lowest BCUT2D eigenvalue weighted by molar-refractivity contribution is -0.138. The Kier molecular flexibility index (Phi) is 8.39. The maximum atomic E-state index is 13.3.